The Labute approximate surface area is 100 Å². The lowest BCUT2D eigenvalue weighted by atomic mass is 10.2. The molecule has 0 atom stereocenters. The van der Waals surface area contributed by atoms with Gasteiger partial charge in [-0.1, -0.05) is 30.3 Å². The lowest BCUT2D eigenvalue weighted by molar-refractivity contribution is 1.08. The summed E-state index contributed by atoms with van der Waals surface area (Å²) in [5.41, 5.74) is 7.62. The first-order valence-electron chi connectivity index (χ1n) is 5.37. The molecule has 0 aliphatic heterocycles. The standard InChI is InChI=1S/C12H15N5/c1-14-11-10(13)12(17-8-16-11)15-7-9-5-3-2-4-6-9/h2-6,8H,7,13H2,1H3,(H2,14,15,16,17). The van der Waals surface area contributed by atoms with Crippen LogP contribution in [-0.4, -0.2) is 17.0 Å². The second kappa shape index (κ2) is 5.16. The topological polar surface area (TPSA) is 75.9 Å². The van der Waals surface area contributed by atoms with Crippen molar-refractivity contribution >= 4 is 17.3 Å². The first-order chi connectivity index (χ1) is 8.31. The van der Waals surface area contributed by atoms with Crippen LogP contribution in [0.25, 0.3) is 0 Å². The molecule has 0 bridgehead atoms. The molecule has 4 N–H and O–H groups in total. The number of rotatable bonds is 4. The van der Waals surface area contributed by atoms with E-state index in [-0.39, 0.29) is 0 Å². The Hall–Kier alpha value is -2.30. The van der Waals surface area contributed by atoms with Crippen molar-refractivity contribution in [1.29, 1.82) is 0 Å². The van der Waals surface area contributed by atoms with Crippen molar-refractivity contribution in [3.05, 3.63) is 42.2 Å². The van der Waals surface area contributed by atoms with Crippen LogP contribution in [0.3, 0.4) is 0 Å². The highest BCUT2D eigenvalue weighted by molar-refractivity contribution is 5.73. The molecule has 0 saturated carbocycles. The second-order valence-corrected chi connectivity index (χ2v) is 3.57. The fourth-order valence-electron chi connectivity index (χ4n) is 1.52. The molecule has 2 rings (SSSR count). The van der Waals surface area contributed by atoms with Crippen LogP contribution >= 0.6 is 0 Å². The summed E-state index contributed by atoms with van der Waals surface area (Å²) in [6.07, 6.45) is 1.48. The van der Waals surface area contributed by atoms with Crippen LogP contribution in [-0.2, 0) is 6.54 Å². The molecule has 1 heterocycles. The van der Waals surface area contributed by atoms with Crippen LogP contribution in [0.15, 0.2) is 36.7 Å². The second-order valence-electron chi connectivity index (χ2n) is 3.57. The molecule has 1 aromatic heterocycles. The third kappa shape index (κ3) is 2.63. The van der Waals surface area contributed by atoms with Gasteiger partial charge in [-0.25, -0.2) is 9.97 Å². The van der Waals surface area contributed by atoms with E-state index in [0.29, 0.717) is 23.9 Å². The molecule has 0 unspecified atom stereocenters. The van der Waals surface area contributed by atoms with Gasteiger partial charge in [-0.15, -0.1) is 0 Å². The molecule has 0 saturated heterocycles. The summed E-state index contributed by atoms with van der Waals surface area (Å²) < 4.78 is 0. The van der Waals surface area contributed by atoms with Gasteiger partial charge in [0.1, 0.15) is 12.0 Å². The Kier molecular flexibility index (Phi) is 3.40. The van der Waals surface area contributed by atoms with E-state index in [2.05, 4.69) is 20.6 Å². The van der Waals surface area contributed by atoms with E-state index in [1.807, 2.05) is 30.3 Å². The van der Waals surface area contributed by atoms with Gasteiger partial charge in [0.15, 0.2) is 11.6 Å². The van der Waals surface area contributed by atoms with Gasteiger partial charge in [0, 0.05) is 13.6 Å². The van der Waals surface area contributed by atoms with Gasteiger partial charge in [-0.3, -0.25) is 0 Å². The van der Waals surface area contributed by atoms with Gasteiger partial charge in [0.25, 0.3) is 0 Å². The summed E-state index contributed by atoms with van der Waals surface area (Å²) >= 11 is 0. The molecule has 1 aromatic carbocycles. The largest absolute Gasteiger partial charge is 0.393 e. The van der Waals surface area contributed by atoms with Crippen LogP contribution in [0.2, 0.25) is 0 Å². The average Bonchev–Trinajstić information content (AvgIpc) is 2.39. The van der Waals surface area contributed by atoms with Crippen LogP contribution in [0.4, 0.5) is 17.3 Å². The summed E-state index contributed by atoms with van der Waals surface area (Å²) in [6, 6.07) is 10.1. The van der Waals surface area contributed by atoms with Crippen molar-refractivity contribution < 1.29 is 0 Å². The molecular weight excluding hydrogens is 214 g/mol. The predicted octanol–water partition coefficient (Wildman–Crippen LogP) is 1.71. The van der Waals surface area contributed by atoms with Crippen molar-refractivity contribution in [2.24, 2.45) is 0 Å². The summed E-state index contributed by atoms with van der Waals surface area (Å²) in [4.78, 5) is 8.14. The van der Waals surface area contributed by atoms with Gasteiger partial charge in [-0.2, -0.15) is 0 Å². The number of benzene rings is 1. The highest BCUT2D eigenvalue weighted by atomic mass is 15.1. The van der Waals surface area contributed by atoms with Crippen molar-refractivity contribution in [3.63, 3.8) is 0 Å². The van der Waals surface area contributed by atoms with E-state index >= 15 is 0 Å². The van der Waals surface area contributed by atoms with E-state index < -0.39 is 0 Å². The van der Waals surface area contributed by atoms with E-state index in [4.69, 9.17) is 5.73 Å². The first kappa shape index (κ1) is 11.2. The number of anilines is 3. The maximum atomic E-state index is 5.91. The van der Waals surface area contributed by atoms with Gasteiger partial charge in [0.05, 0.1) is 0 Å². The molecule has 0 spiro atoms. The molecule has 0 aliphatic rings. The van der Waals surface area contributed by atoms with Crippen molar-refractivity contribution in [1.82, 2.24) is 9.97 Å². The van der Waals surface area contributed by atoms with E-state index in [9.17, 15) is 0 Å². The normalized spacial score (nSPS) is 9.94. The Bertz CT molecular complexity index is 484. The minimum Gasteiger partial charge on any atom is -0.393 e. The van der Waals surface area contributed by atoms with Crippen LogP contribution in [0.5, 0.6) is 0 Å². The molecule has 5 heteroatoms. The van der Waals surface area contributed by atoms with Gasteiger partial charge < -0.3 is 16.4 Å². The number of aromatic nitrogens is 2. The number of nitrogens with one attached hydrogen (secondary N) is 2. The summed E-state index contributed by atoms with van der Waals surface area (Å²) in [5, 5.41) is 6.11. The van der Waals surface area contributed by atoms with Crippen LogP contribution in [0, 0.1) is 0 Å². The zero-order valence-electron chi connectivity index (χ0n) is 9.64. The zero-order valence-corrected chi connectivity index (χ0v) is 9.64. The average molecular weight is 229 g/mol. The van der Waals surface area contributed by atoms with Gasteiger partial charge in [0.2, 0.25) is 0 Å². The molecule has 2 aromatic rings. The SMILES string of the molecule is CNc1ncnc(NCc2ccccc2)c1N. The summed E-state index contributed by atoms with van der Waals surface area (Å²) in [7, 11) is 1.78. The summed E-state index contributed by atoms with van der Waals surface area (Å²) in [5.74, 6) is 1.28. The smallest absolute Gasteiger partial charge is 0.155 e. The Morgan fingerprint density at radius 2 is 1.82 bits per heavy atom. The zero-order chi connectivity index (χ0) is 12.1. The number of hydrogen-bond acceptors (Lipinski definition) is 5. The Morgan fingerprint density at radius 3 is 2.53 bits per heavy atom. The predicted molar refractivity (Wildman–Crippen MR) is 69.8 cm³/mol. The fraction of sp³-hybridized carbons (Fsp3) is 0.167. The van der Waals surface area contributed by atoms with Crippen LogP contribution < -0.4 is 16.4 Å². The molecule has 0 radical (unpaired) electrons. The van der Waals surface area contributed by atoms with Gasteiger partial charge >= 0.3 is 0 Å². The number of hydrogen-bond donors (Lipinski definition) is 3. The number of nitrogens with two attached hydrogens (primary N) is 1. The maximum absolute atomic E-state index is 5.91. The molecular formula is C12H15N5. The van der Waals surface area contributed by atoms with E-state index in [1.54, 1.807) is 7.05 Å². The van der Waals surface area contributed by atoms with Crippen molar-refractivity contribution in [3.8, 4) is 0 Å². The van der Waals surface area contributed by atoms with Crippen LogP contribution in [0.1, 0.15) is 5.56 Å². The minimum absolute atomic E-state index is 0.533. The molecule has 0 aliphatic carbocycles. The third-order valence-electron chi connectivity index (χ3n) is 2.42. The van der Waals surface area contributed by atoms with Crippen molar-refractivity contribution in [2.45, 2.75) is 6.54 Å². The fourth-order valence-corrected chi connectivity index (χ4v) is 1.52. The highest BCUT2D eigenvalue weighted by Gasteiger charge is 2.05. The monoisotopic (exact) mass is 229 g/mol. The van der Waals surface area contributed by atoms with E-state index in [0.717, 1.165) is 0 Å². The number of nitrogen functional groups attached to an aromatic ring is 1. The quantitative estimate of drug-likeness (QED) is 0.744. The lowest BCUT2D eigenvalue weighted by Gasteiger charge is -2.10. The third-order valence-corrected chi connectivity index (χ3v) is 2.42. The number of nitrogens with zero attached hydrogens (tertiary/aromatic N) is 2. The molecule has 0 fully saturated rings. The molecule has 0 amide bonds. The molecule has 5 nitrogen and oxygen atoms in total. The molecule has 17 heavy (non-hydrogen) atoms. The van der Waals surface area contributed by atoms with Gasteiger partial charge in [-0.05, 0) is 5.56 Å². The highest BCUT2D eigenvalue weighted by Crippen LogP contribution is 2.21. The minimum atomic E-state index is 0.533. The lowest BCUT2D eigenvalue weighted by Crippen LogP contribution is -2.07. The Morgan fingerprint density at radius 1 is 1.12 bits per heavy atom. The summed E-state index contributed by atoms with van der Waals surface area (Å²) in [6.45, 7) is 0.686. The first-order valence-corrected chi connectivity index (χ1v) is 5.37. The maximum Gasteiger partial charge on any atom is 0.155 e. The van der Waals surface area contributed by atoms with E-state index in [1.165, 1.54) is 11.9 Å². The Balaban J connectivity index is 2.09. The van der Waals surface area contributed by atoms with Crippen molar-refractivity contribution in [2.75, 3.05) is 23.4 Å². The molecule has 88 valence electrons.